The van der Waals surface area contributed by atoms with Gasteiger partial charge in [-0.2, -0.15) is 10.1 Å². The quantitative estimate of drug-likeness (QED) is 0.458. The van der Waals surface area contributed by atoms with Crippen LogP contribution in [0.4, 0.5) is 4.39 Å². The van der Waals surface area contributed by atoms with Gasteiger partial charge in [-0.3, -0.25) is 19.3 Å². The Morgan fingerprint density at radius 1 is 1.14 bits per heavy atom. The number of halogens is 1. The number of pyridine rings is 2. The highest BCUT2D eigenvalue weighted by Crippen LogP contribution is 2.56. The molecule has 2 saturated carbocycles. The molecule has 0 aliphatic heterocycles. The van der Waals surface area contributed by atoms with Gasteiger partial charge >= 0.3 is 0 Å². The number of nitrogens with two attached hydrogens (primary N) is 1. The predicted octanol–water partition coefficient (Wildman–Crippen LogP) is 2.87. The van der Waals surface area contributed by atoms with Crippen LogP contribution in [0.2, 0.25) is 0 Å². The number of aryl methyl sites for hydroxylation is 1. The predicted molar refractivity (Wildman–Crippen MR) is 125 cm³/mol. The Kier molecular flexibility index (Phi) is 4.73. The lowest BCUT2D eigenvalue weighted by Gasteiger charge is -2.57. The fourth-order valence-corrected chi connectivity index (χ4v) is 5.39. The van der Waals surface area contributed by atoms with E-state index in [1.165, 1.54) is 18.3 Å². The summed E-state index contributed by atoms with van der Waals surface area (Å²) in [5.74, 6) is -0.934. The number of primary amides is 1. The molecule has 0 saturated heterocycles. The van der Waals surface area contributed by atoms with Crippen LogP contribution in [0.1, 0.15) is 46.4 Å². The molecule has 2 aliphatic carbocycles. The molecule has 2 fully saturated rings. The highest BCUT2D eigenvalue weighted by Gasteiger charge is 2.54. The molecule has 35 heavy (non-hydrogen) atoms. The summed E-state index contributed by atoms with van der Waals surface area (Å²) in [5.41, 5.74) is 7.58. The van der Waals surface area contributed by atoms with Crippen LogP contribution in [-0.2, 0) is 7.05 Å². The highest BCUT2D eigenvalue weighted by molar-refractivity contribution is 5.98. The van der Waals surface area contributed by atoms with Crippen molar-refractivity contribution < 1.29 is 18.7 Å². The smallest absolute Gasteiger partial charge is 0.254 e. The number of benzene rings is 1. The van der Waals surface area contributed by atoms with Gasteiger partial charge in [0.1, 0.15) is 17.5 Å². The SMILES string of the molecule is Cn1ncc2cc(C(N)=O)c(O[C@H]3CC4(C[C@H](NC(=O)c5cnc6ccc(F)cc6c5)C4)C3)nc21. The maximum Gasteiger partial charge on any atom is 0.254 e. The molecule has 9 nitrogen and oxygen atoms in total. The van der Waals surface area contributed by atoms with Crippen molar-refractivity contribution in [3.05, 3.63) is 59.7 Å². The molecule has 6 rings (SSSR count). The van der Waals surface area contributed by atoms with E-state index in [-0.39, 0.29) is 40.7 Å². The third-order valence-electron chi connectivity index (χ3n) is 7.14. The van der Waals surface area contributed by atoms with E-state index in [0.29, 0.717) is 22.1 Å². The van der Waals surface area contributed by atoms with Crippen molar-refractivity contribution in [2.45, 2.75) is 37.8 Å². The van der Waals surface area contributed by atoms with E-state index in [9.17, 15) is 14.0 Å². The summed E-state index contributed by atoms with van der Waals surface area (Å²) < 4.78 is 21.2. The molecule has 1 aromatic carbocycles. The van der Waals surface area contributed by atoms with Gasteiger partial charge in [0.2, 0.25) is 5.88 Å². The molecule has 0 bridgehead atoms. The van der Waals surface area contributed by atoms with Crippen molar-refractivity contribution >= 4 is 33.8 Å². The molecule has 2 aliphatic rings. The molecule has 3 heterocycles. The lowest BCUT2D eigenvalue weighted by molar-refractivity contribution is -0.0847. The number of fused-ring (bicyclic) bond motifs is 2. The Balaban J connectivity index is 1.07. The number of hydrogen-bond acceptors (Lipinski definition) is 6. The fraction of sp³-hybridized carbons (Fsp3) is 0.320. The number of amides is 2. The topological polar surface area (TPSA) is 125 Å². The fourth-order valence-electron chi connectivity index (χ4n) is 5.39. The number of nitrogens with one attached hydrogen (secondary N) is 1. The molecular weight excluding hydrogens is 451 g/mol. The summed E-state index contributed by atoms with van der Waals surface area (Å²) in [6.45, 7) is 0. The molecule has 2 amide bonds. The number of ether oxygens (including phenoxy) is 1. The Bertz CT molecular complexity index is 1500. The number of rotatable bonds is 5. The van der Waals surface area contributed by atoms with Gasteiger partial charge in [-0.1, -0.05) is 0 Å². The van der Waals surface area contributed by atoms with E-state index in [1.54, 1.807) is 36.1 Å². The van der Waals surface area contributed by atoms with Gasteiger partial charge in [-0.25, -0.2) is 4.39 Å². The maximum atomic E-state index is 13.5. The second-order valence-corrected chi connectivity index (χ2v) is 9.67. The monoisotopic (exact) mass is 474 g/mol. The molecule has 0 unspecified atom stereocenters. The summed E-state index contributed by atoms with van der Waals surface area (Å²) in [7, 11) is 1.77. The average Bonchev–Trinajstić information content (AvgIpc) is 3.14. The van der Waals surface area contributed by atoms with Crippen LogP contribution in [-0.4, -0.2) is 43.7 Å². The van der Waals surface area contributed by atoms with Gasteiger partial charge in [0.25, 0.3) is 11.8 Å². The van der Waals surface area contributed by atoms with Crippen molar-refractivity contribution in [2.24, 2.45) is 18.2 Å². The van der Waals surface area contributed by atoms with Crippen LogP contribution >= 0.6 is 0 Å². The maximum absolute atomic E-state index is 13.5. The van der Waals surface area contributed by atoms with Gasteiger partial charge in [-0.15, -0.1) is 0 Å². The first-order valence-electron chi connectivity index (χ1n) is 11.4. The average molecular weight is 474 g/mol. The number of hydrogen-bond donors (Lipinski definition) is 2. The molecule has 0 radical (unpaired) electrons. The Morgan fingerprint density at radius 2 is 1.94 bits per heavy atom. The van der Waals surface area contributed by atoms with Gasteiger partial charge < -0.3 is 15.8 Å². The molecule has 10 heteroatoms. The number of carbonyl (C=O) groups is 2. The minimum atomic E-state index is -0.593. The van der Waals surface area contributed by atoms with Crippen molar-refractivity contribution in [2.75, 3.05) is 0 Å². The highest BCUT2D eigenvalue weighted by atomic mass is 19.1. The minimum absolute atomic E-state index is 0.0664. The zero-order valence-corrected chi connectivity index (χ0v) is 19.0. The summed E-state index contributed by atoms with van der Waals surface area (Å²) in [4.78, 5) is 33.3. The Labute approximate surface area is 199 Å². The molecule has 3 aromatic heterocycles. The molecule has 0 atom stereocenters. The molecule has 3 N–H and O–H groups in total. The first-order valence-corrected chi connectivity index (χ1v) is 11.4. The second-order valence-electron chi connectivity index (χ2n) is 9.67. The first-order chi connectivity index (χ1) is 16.8. The zero-order chi connectivity index (χ0) is 24.3. The van der Waals surface area contributed by atoms with Gasteiger partial charge in [-0.05, 0) is 61.4 Å². The van der Waals surface area contributed by atoms with Crippen LogP contribution in [0.15, 0.2) is 42.7 Å². The first kappa shape index (κ1) is 21.5. The summed E-state index contributed by atoms with van der Waals surface area (Å²) >= 11 is 0. The minimum Gasteiger partial charge on any atom is -0.474 e. The van der Waals surface area contributed by atoms with E-state index in [1.807, 2.05) is 0 Å². The normalized spacial score (nSPS) is 23.1. The molecule has 4 aromatic rings. The largest absolute Gasteiger partial charge is 0.474 e. The standard InChI is InChI=1S/C25H23FN6O3/c1-32-22-14(12-29-32)6-19(21(27)33)24(31-22)35-18-9-25(10-18)7-17(8-25)30-23(34)15-4-13-5-16(26)2-3-20(13)28-11-15/h2-6,11-12,17-18H,7-10H2,1H3,(H2,27,33)(H,30,34)/t17-,18-,25?. The number of aromatic nitrogens is 4. The zero-order valence-electron chi connectivity index (χ0n) is 19.0. The number of nitrogens with zero attached hydrogens (tertiary/aromatic N) is 4. The van der Waals surface area contributed by atoms with E-state index >= 15 is 0 Å². The van der Waals surface area contributed by atoms with E-state index in [0.717, 1.165) is 31.1 Å². The lowest BCUT2D eigenvalue weighted by Crippen LogP contribution is -2.58. The van der Waals surface area contributed by atoms with Crippen molar-refractivity contribution in [1.29, 1.82) is 0 Å². The van der Waals surface area contributed by atoms with Gasteiger partial charge in [0.15, 0.2) is 5.65 Å². The molecule has 1 spiro atoms. The Morgan fingerprint density at radius 3 is 2.71 bits per heavy atom. The van der Waals surface area contributed by atoms with Crippen LogP contribution in [0.25, 0.3) is 21.9 Å². The van der Waals surface area contributed by atoms with Crippen molar-refractivity contribution in [1.82, 2.24) is 25.1 Å². The van der Waals surface area contributed by atoms with Gasteiger partial charge in [0.05, 0.1) is 17.3 Å². The van der Waals surface area contributed by atoms with Gasteiger partial charge in [0, 0.05) is 30.1 Å². The summed E-state index contributed by atoms with van der Waals surface area (Å²) in [6, 6.07) is 7.69. The van der Waals surface area contributed by atoms with Crippen LogP contribution in [0.5, 0.6) is 5.88 Å². The van der Waals surface area contributed by atoms with Crippen molar-refractivity contribution in [3.63, 3.8) is 0 Å². The van der Waals surface area contributed by atoms with Crippen LogP contribution in [0.3, 0.4) is 0 Å². The third-order valence-corrected chi connectivity index (χ3v) is 7.14. The van der Waals surface area contributed by atoms with E-state index in [4.69, 9.17) is 10.5 Å². The lowest BCUT2D eigenvalue weighted by atomic mass is 9.53. The molecular formula is C25H23FN6O3. The third kappa shape index (κ3) is 3.74. The number of carbonyl (C=O) groups excluding carboxylic acids is 2. The second kappa shape index (κ2) is 7.72. The van der Waals surface area contributed by atoms with E-state index < -0.39 is 5.91 Å². The van der Waals surface area contributed by atoms with Crippen LogP contribution < -0.4 is 15.8 Å². The van der Waals surface area contributed by atoms with Crippen molar-refractivity contribution in [3.8, 4) is 5.88 Å². The summed E-state index contributed by atoms with van der Waals surface area (Å²) in [5, 5.41) is 8.53. The van der Waals surface area contributed by atoms with E-state index in [2.05, 4.69) is 20.4 Å². The Hall–Kier alpha value is -4.08. The molecule has 178 valence electrons. The van der Waals surface area contributed by atoms with Crippen LogP contribution in [0, 0.1) is 11.2 Å². The summed E-state index contributed by atoms with van der Waals surface area (Å²) in [6.07, 6.45) is 6.42.